The zero-order valence-corrected chi connectivity index (χ0v) is 11.0. The average molecular weight is 280 g/mol. The van der Waals surface area contributed by atoms with Crippen molar-refractivity contribution in [3.05, 3.63) is 54.1 Å². The van der Waals surface area contributed by atoms with E-state index in [-0.39, 0.29) is 17.9 Å². The molecule has 0 spiro atoms. The van der Waals surface area contributed by atoms with Crippen LogP contribution >= 0.6 is 0 Å². The molecule has 1 amide bonds. The topological polar surface area (TPSA) is 90.2 Å². The molecule has 0 radical (unpaired) electrons. The first-order valence-electron chi connectivity index (χ1n) is 6.21. The Bertz CT molecular complexity index is 715. The zero-order valence-electron chi connectivity index (χ0n) is 11.0. The van der Waals surface area contributed by atoms with Crippen molar-refractivity contribution in [1.82, 2.24) is 0 Å². The summed E-state index contributed by atoms with van der Waals surface area (Å²) in [6.45, 7) is 0. The van der Waals surface area contributed by atoms with Crippen molar-refractivity contribution in [2.45, 2.75) is 6.42 Å². The van der Waals surface area contributed by atoms with E-state index in [0.29, 0.717) is 5.69 Å². The fourth-order valence-electron chi connectivity index (χ4n) is 1.86. The van der Waals surface area contributed by atoms with Gasteiger partial charge >= 0.3 is 5.97 Å². The average Bonchev–Trinajstić information content (AvgIpc) is 2.48. The second-order valence-corrected chi connectivity index (χ2v) is 4.35. The molecule has 0 heterocycles. The maximum Gasteiger partial charge on any atom is 0.335 e. The molecule has 5 nitrogen and oxygen atoms in total. The maximum absolute atomic E-state index is 11.4. The van der Waals surface area contributed by atoms with Crippen molar-refractivity contribution >= 4 is 17.6 Å². The Balaban J connectivity index is 2.22. The minimum absolute atomic E-state index is 0.197. The number of hydrogen-bond donors (Lipinski definition) is 2. The Morgan fingerprint density at radius 2 is 1.81 bits per heavy atom. The normalized spacial score (nSPS) is 9.67. The third kappa shape index (κ3) is 3.67. The molecule has 0 unspecified atom stereocenters. The smallest absolute Gasteiger partial charge is 0.335 e. The van der Waals surface area contributed by atoms with Crippen molar-refractivity contribution in [3.8, 4) is 17.2 Å². The van der Waals surface area contributed by atoms with Crippen molar-refractivity contribution in [2.75, 3.05) is 5.32 Å². The van der Waals surface area contributed by atoms with Gasteiger partial charge in [0.15, 0.2) is 0 Å². The van der Waals surface area contributed by atoms with Crippen molar-refractivity contribution in [2.24, 2.45) is 0 Å². The number of nitriles is 1. The summed E-state index contributed by atoms with van der Waals surface area (Å²) in [4.78, 5) is 22.2. The lowest BCUT2D eigenvalue weighted by Crippen LogP contribution is -2.09. The first kappa shape index (κ1) is 14.3. The predicted molar refractivity (Wildman–Crippen MR) is 77.7 cm³/mol. The van der Waals surface area contributed by atoms with Crippen LogP contribution in [0.4, 0.5) is 5.69 Å². The van der Waals surface area contributed by atoms with Gasteiger partial charge in [-0.25, -0.2) is 4.79 Å². The van der Waals surface area contributed by atoms with Gasteiger partial charge in [-0.2, -0.15) is 5.26 Å². The van der Waals surface area contributed by atoms with Crippen LogP contribution in [-0.2, 0) is 4.79 Å². The third-order valence-corrected chi connectivity index (χ3v) is 2.85. The first-order chi connectivity index (χ1) is 10.1. The number of aromatic carboxylic acids is 1. The highest BCUT2D eigenvalue weighted by atomic mass is 16.4. The Morgan fingerprint density at radius 1 is 1.10 bits per heavy atom. The van der Waals surface area contributed by atoms with Crippen LogP contribution in [-0.4, -0.2) is 17.0 Å². The molecule has 0 aliphatic heterocycles. The molecule has 0 saturated carbocycles. The molecular formula is C16H12N2O3. The molecular weight excluding hydrogens is 268 g/mol. The number of carboxylic acid groups (broad SMARTS) is 1. The number of carboxylic acids is 1. The molecule has 2 N–H and O–H groups in total. The van der Waals surface area contributed by atoms with Crippen LogP contribution in [0.1, 0.15) is 16.8 Å². The summed E-state index contributed by atoms with van der Waals surface area (Å²) in [6.07, 6.45) is -0.197. The number of benzene rings is 2. The lowest BCUT2D eigenvalue weighted by atomic mass is 10.0. The standard InChI is InChI=1S/C16H12N2O3/c17-9-8-15(19)18-14-3-1-2-13(10-14)11-4-6-12(7-5-11)16(20)21/h1-7,10H,8H2,(H,18,19)(H,20,21). The minimum Gasteiger partial charge on any atom is -0.478 e. The van der Waals surface area contributed by atoms with Crippen molar-refractivity contribution in [1.29, 1.82) is 5.26 Å². The van der Waals surface area contributed by atoms with Gasteiger partial charge in [-0.3, -0.25) is 4.79 Å². The molecule has 0 saturated heterocycles. The first-order valence-corrected chi connectivity index (χ1v) is 6.21. The molecule has 2 aromatic rings. The molecule has 0 aliphatic carbocycles. The monoisotopic (exact) mass is 280 g/mol. The SMILES string of the molecule is N#CCC(=O)Nc1cccc(-c2ccc(C(=O)O)cc2)c1. The fourth-order valence-corrected chi connectivity index (χ4v) is 1.86. The molecule has 5 heteroatoms. The highest BCUT2D eigenvalue weighted by Gasteiger charge is 2.05. The van der Waals surface area contributed by atoms with Crippen LogP contribution in [0.5, 0.6) is 0 Å². The van der Waals surface area contributed by atoms with Crippen LogP contribution in [0.15, 0.2) is 48.5 Å². The summed E-state index contributed by atoms with van der Waals surface area (Å²) < 4.78 is 0. The van der Waals surface area contributed by atoms with Gasteiger partial charge in [0.2, 0.25) is 5.91 Å². The highest BCUT2D eigenvalue weighted by molar-refractivity contribution is 5.93. The number of nitrogens with one attached hydrogen (secondary N) is 1. The van der Waals surface area contributed by atoms with E-state index in [1.54, 1.807) is 36.4 Å². The van der Waals surface area contributed by atoms with E-state index in [1.165, 1.54) is 12.1 Å². The summed E-state index contributed by atoms with van der Waals surface area (Å²) >= 11 is 0. The molecule has 21 heavy (non-hydrogen) atoms. The summed E-state index contributed by atoms with van der Waals surface area (Å²) in [7, 11) is 0. The van der Waals surface area contributed by atoms with E-state index in [1.807, 2.05) is 6.07 Å². The van der Waals surface area contributed by atoms with E-state index in [4.69, 9.17) is 10.4 Å². The minimum atomic E-state index is -0.973. The van der Waals surface area contributed by atoms with Gasteiger partial charge in [0.1, 0.15) is 6.42 Å². The molecule has 0 aromatic heterocycles. The van der Waals surface area contributed by atoms with Crippen LogP contribution in [0.25, 0.3) is 11.1 Å². The van der Waals surface area contributed by atoms with E-state index in [0.717, 1.165) is 11.1 Å². The number of nitrogens with zero attached hydrogens (tertiary/aromatic N) is 1. The Hall–Kier alpha value is -3.13. The van der Waals surface area contributed by atoms with Gasteiger partial charge in [-0.15, -0.1) is 0 Å². The zero-order chi connectivity index (χ0) is 15.2. The van der Waals surface area contributed by atoms with Crippen LogP contribution in [0, 0.1) is 11.3 Å². The number of carbonyl (C=O) groups excluding carboxylic acids is 1. The van der Waals surface area contributed by atoms with E-state index < -0.39 is 5.97 Å². The second-order valence-electron chi connectivity index (χ2n) is 4.35. The molecule has 104 valence electrons. The quantitative estimate of drug-likeness (QED) is 0.901. The molecule has 0 atom stereocenters. The summed E-state index contributed by atoms with van der Waals surface area (Å²) in [5.41, 5.74) is 2.50. The fraction of sp³-hybridized carbons (Fsp3) is 0.0625. The lowest BCUT2D eigenvalue weighted by molar-refractivity contribution is -0.115. The number of carbonyl (C=O) groups is 2. The van der Waals surface area contributed by atoms with Gasteiger partial charge in [0.05, 0.1) is 11.6 Å². The molecule has 0 fully saturated rings. The lowest BCUT2D eigenvalue weighted by Gasteiger charge is -2.07. The largest absolute Gasteiger partial charge is 0.478 e. The molecule has 2 aromatic carbocycles. The molecule has 2 rings (SSSR count). The van der Waals surface area contributed by atoms with Gasteiger partial charge in [0.25, 0.3) is 0 Å². The van der Waals surface area contributed by atoms with E-state index in [9.17, 15) is 9.59 Å². The van der Waals surface area contributed by atoms with Gasteiger partial charge in [-0.1, -0.05) is 24.3 Å². The van der Waals surface area contributed by atoms with E-state index in [2.05, 4.69) is 5.32 Å². The molecule has 0 bridgehead atoms. The van der Waals surface area contributed by atoms with Gasteiger partial charge < -0.3 is 10.4 Å². The summed E-state index contributed by atoms with van der Waals surface area (Å²) in [5, 5.41) is 20.0. The summed E-state index contributed by atoms with van der Waals surface area (Å²) in [5.74, 6) is -1.34. The molecule has 0 aliphatic rings. The van der Waals surface area contributed by atoms with Gasteiger partial charge in [-0.05, 0) is 35.4 Å². The Morgan fingerprint density at radius 3 is 2.43 bits per heavy atom. The Labute approximate surface area is 121 Å². The number of rotatable bonds is 4. The number of amides is 1. The summed E-state index contributed by atoms with van der Waals surface area (Å²) in [6, 6.07) is 15.4. The number of hydrogen-bond acceptors (Lipinski definition) is 3. The third-order valence-electron chi connectivity index (χ3n) is 2.85. The van der Waals surface area contributed by atoms with Crippen molar-refractivity contribution < 1.29 is 14.7 Å². The second kappa shape index (κ2) is 6.35. The number of anilines is 1. The maximum atomic E-state index is 11.4. The van der Waals surface area contributed by atoms with Crippen LogP contribution in [0.2, 0.25) is 0 Å². The van der Waals surface area contributed by atoms with Crippen LogP contribution < -0.4 is 5.32 Å². The van der Waals surface area contributed by atoms with E-state index >= 15 is 0 Å². The van der Waals surface area contributed by atoms with Crippen LogP contribution in [0.3, 0.4) is 0 Å². The predicted octanol–water partition coefficient (Wildman–Crippen LogP) is 2.90. The van der Waals surface area contributed by atoms with Crippen molar-refractivity contribution in [3.63, 3.8) is 0 Å². The van der Waals surface area contributed by atoms with Gasteiger partial charge in [0, 0.05) is 5.69 Å². The highest BCUT2D eigenvalue weighted by Crippen LogP contribution is 2.23. The Kier molecular flexibility index (Phi) is 4.32.